The summed E-state index contributed by atoms with van der Waals surface area (Å²) < 4.78 is 0. The number of allylic oxidation sites excluding steroid dienone is 2. The van der Waals surface area contributed by atoms with Crippen LogP contribution in [0.3, 0.4) is 0 Å². The minimum absolute atomic E-state index is 0.0170. The molecular weight excluding hydrogens is 348 g/mol. The van der Waals surface area contributed by atoms with Gasteiger partial charge in [-0.25, -0.2) is 0 Å². The van der Waals surface area contributed by atoms with Gasteiger partial charge in [0.05, 0.1) is 12.1 Å². The number of Topliss-reactive ketones (excluding diaryl/α,β-unsaturated/α-hetero) is 1. The number of carbonyl (C=O) groups is 1. The van der Waals surface area contributed by atoms with Crippen molar-refractivity contribution in [3.05, 3.63) is 24.0 Å². The van der Waals surface area contributed by atoms with E-state index in [0.29, 0.717) is 31.5 Å². The Bertz CT molecular complexity index is 605. The van der Waals surface area contributed by atoms with Crippen LogP contribution in [0.25, 0.3) is 0 Å². The van der Waals surface area contributed by atoms with Crippen molar-refractivity contribution in [3.8, 4) is 0 Å². The van der Waals surface area contributed by atoms with Gasteiger partial charge in [-0.1, -0.05) is 19.9 Å². The van der Waals surface area contributed by atoms with Crippen molar-refractivity contribution in [2.45, 2.75) is 26.7 Å². The second-order valence-corrected chi connectivity index (χ2v) is 8.03. The first-order chi connectivity index (χ1) is 12.3. The molecule has 0 aromatic heterocycles. The fraction of sp³-hybridized carbons (Fsp3) is 0.632. The zero-order chi connectivity index (χ0) is 19.2. The molecule has 1 saturated heterocycles. The molecule has 2 N–H and O–H groups in total. The Hall–Kier alpha value is -1.73. The Kier molecular flexibility index (Phi) is 7.34. The average molecular weight is 379 g/mol. The number of aliphatic hydroxyl groups is 1. The lowest BCUT2D eigenvalue weighted by Gasteiger charge is -2.35. The number of hydrogen-bond acceptors (Lipinski definition) is 5. The summed E-state index contributed by atoms with van der Waals surface area (Å²) >= 11 is 5.36. The molecule has 1 fully saturated rings. The van der Waals surface area contributed by atoms with Gasteiger partial charge in [0.1, 0.15) is 5.76 Å². The van der Waals surface area contributed by atoms with E-state index in [2.05, 4.69) is 26.7 Å². The topological polar surface area (TPSA) is 68.2 Å². The molecule has 1 aliphatic heterocycles. The average Bonchev–Trinajstić information content (AvgIpc) is 2.58. The highest BCUT2D eigenvalue weighted by Crippen LogP contribution is 2.35. The van der Waals surface area contributed by atoms with E-state index in [1.54, 1.807) is 12.3 Å². The molecule has 2 rings (SSSR count). The van der Waals surface area contributed by atoms with Crippen LogP contribution in [-0.4, -0.2) is 77.8 Å². The van der Waals surface area contributed by atoms with Gasteiger partial charge in [-0.2, -0.15) is 0 Å². The summed E-state index contributed by atoms with van der Waals surface area (Å²) in [5.41, 5.74) is 0.215. The number of carbonyl (C=O) groups excluding carboxylic acids is 1. The van der Waals surface area contributed by atoms with Crippen LogP contribution in [0, 0.1) is 5.41 Å². The number of ketones is 1. The Morgan fingerprint density at radius 1 is 1.35 bits per heavy atom. The summed E-state index contributed by atoms with van der Waals surface area (Å²) in [7, 11) is 0. The fourth-order valence-corrected chi connectivity index (χ4v) is 3.52. The zero-order valence-electron chi connectivity index (χ0n) is 15.8. The van der Waals surface area contributed by atoms with Crippen LogP contribution >= 0.6 is 12.2 Å². The quantitative estimate of drug-likeness (QED) is 0.418. The van der Waals surface area contributed by atoms with Crippen molar-refractivity contribution in [3.63, 3.8) is 0 Å². The molecule has 6 nitrogen and oxygen atoms in total. The van der Waals surface area contributed by atoms with E-state index in [1.165, 1.54) is 0 Å². The molecule has 2 aliphatic rings. The molecule has 0 bridgehead atoms. The van der Waals surface area contributed by atoms with Gasteiger partial charge in [0.2, 0.25) is 0 Å². The molecule has 26 heavy (non-hydrogen) atoms. The Labute approximate surface area is 161 Å². The van der Waals surface area contributed by atoms with Gasteiger partial charge in [-0.05, 0) is 17.6 Å². The molecular formula is C19H30N4O2S. The maximum atomic E-state index is 12.1. The van der Waals surface area contributed by atoms with Gasteiger partial charge < -0.3 is 15.3 Å². The molecule has 0 aromatic carbocycles. The summed E-state index contributed by atoms with van der Waals surface area (Å²) in [6.45, 7) is 13.5. The van der Waals surface area contributed by atoms with Gasteiger partial charge in [-0.3, -0.25) is 14.7 Å². The molecule has 0 spiro atoms. The van der Waals surface area contributed by atoms with Crippen LogP contribution < -0.4 is 5.32 Å². The van der Waals surface area contributed by atoms with E-state index in [-0.39, 0.29) is 17.0 Å². The first-order valence-corrected chi connectivity index (χ1v) is 9.54. The third-order valence-electron chi connectivity index (χ3n) is 4.72. The number of piperazine rings is 1. The molecule has 0 radical (unpaired) electrons. The lowest BCUT2D eigenvalue weighted by atomic mass is 9.77. The fourth-order valence-electron chi connectivity index (χ4n) is 3.25. The van der Waals surface area contributed by atoms with Crippen LogP contribution in [0.15, 0.2) is 29.0 Å². The first-order valence-electron chi connectivity index (χ1n) is 9.13. The molecule has 0 unspecified atom stereocenters. The van der Waals surface area contributed by atoms with Crippen LogP contribution in [0.2, 0.25) is 0 Å². The third-order valence-corrected chi connectivity index (χ3v) is 5.12. The summed E-state index contributed by atoms with van der Waals surface area (Å²) in [5, 5.41) is 14.0. The highest BCUT2D eigenvalue weighted by atomic mass is 32.1. The van der Waals surface area contributed by atoms with Crippen LogP contribution in [-0.2, 0) is 4.79 Å². The summed E-state index contributed by atoms with van der Waals surface area (Å²) in [4.78, 5) is 21.0. The van der Waals surface area contributed by atoms with E-state index in [1.807, 2.05) is 13.8 Å². The number of nitrogens with zero attached hydrogens (tertiary/aromatic N) is 3. The summed E-state index contributed by atoms with van der Waals surface area (Å²) in [5.74, 6) is 0.154. The monoisotopic (exact) mass is 378 g/mol. The predicted molar refractivity (Wildman–Crippen MR) is 110 cm³/mol. The van der Waals surface area contributed by atoms with Gasteiger partial charge in [0.25, 0.3) is 0 Å². The van der Waals surface area contributed by atoms with Crippen molar-refractivity contribution < 1.29 is 9.90 Å². The number of hydrogen-bond donors (Lipinski definition) is 2. The van der Waals surface area contributed by atoms with Crippen molar-refractivity contribution >= 4 is 29.3 Å². The highest BCUT2D eigenvalue weighted by molar-refractivity contribution is 7.80. The number of aliphatic hydroxyl groups excluding tert-OH is 1. The van der Waals surface area contributed by atoms with Crippen LogP contribution in [0.4, 0.5) is 0 Å². The summed E-state index contributed by atoms with van der Waals surface area (Å²) in [6.07, 6.45) is 4.34. The lowest BCUT2D eigenvalue weighted by molar-refractivity contribution is -0.117. The second kappa shape index (κ2) is 9.28. The lowest BCUT2D eigenvalue weighted by Crippen LogP contribution is -2.52. The number of nitrogens with one attached hydrogen (secondary N) is 1. The third kappa shape index (κ3) is 5.92. The molecule has 1 heterocycles. The van der Waals surface area contributed by atoms with Gasteiger partial charge in [0, 0.05) is 58.3 Å². The van der Waals surface area contributed by atoms with E-state index < -0.39 is 0 Å². The van der Waals surface area contributed by atoms with Crippen LogP contribution in [0.5, 0.6) is 0 Å². The minimum atomic E-state index is -0.167. The SMILES string of the molecule is C=CCNC(=S)N1CCN(CCN=CC2=C(O)CC(C)(C)CC2=O)CC1. The molecule has 1 aliphatic carbocycles. The van der Waals surface area contributed by atoms with Crippen molar-refractivity contribution in [2.75, 3.05) is 45.8 Å². The van der Waals surface area contributed by atoms with Gasteiger partial charge in [0.15, 0.2) is 10.9 Å². The molecule has 0 atom stereocenters. The zero-order valence-corrected chi connectivity index (χ0v) is 16.6. The summed E-state index contributed by atoms with van der Waals surface area (Å²) in [6, 6.07) is 0. The Morgan fingerprint density at radius 3 is 2.65 bits per heavy atom. The smallest absolute Gasteiger partial charge is 0.169 e. The molecule has 7 heteroatoms. The van der Waals surface area contributed by atoms with Gasteiger partial charge >= 0.3 is 0 Å². The van der Waals surface area contributed by atoms with Crippen LogP contribution in [0.1, 0.15) is 26.7 Å². The number of rotatable bonds is 6. The number of aliphatic imine (C=N–C) groups is 1. The Morgan fingerprint density at radius 2 is 2.04 bits per heavy atom. The van der Waals surface area contributed by atoms with Crippen molar-refractivity contribution in [1.29, 1.82) is 0 Å². The van der Waals surface area contributed by atoms with Crippen molar-refractivity contribution in [1.82, 2.24) is 15.1 Å². The van der Waals surface area contributed by atoms with E-state index in [0.717, 1.165) is 37.8 Å². The maximum Gasteiger partial charge on any atom is 0.169 e. The largest absolute Gasteiger partial charge is 0.511 e. The first kappa shape index (κ1) is 20.6. The second-order valence-electron chi connectivity index (χ2n) is 7.64. The van der Waals surface area contributed by atoms with E-state index in [4.69, 9.17) is 12.2 Å². The van der Waals surface area contributed by atoms with E-state index in [9.17, 15) is 9.90 Å². The molecule has 0 amide bonds. The predicted octanol–water partition coefficient (Wildman–Crippen LogP) is 1.94. The normalized spacial score (nSPS) is 21.3. The minimum Gasteiger partial charge on any atom is -0.511 e. The highest BCUT2D eigenvalue weighted by Gasteiger charge is 2.32. The van der Waals surface area contributed by atoms with E-state index >= 15 is 0 Å². The maximum absolute atomic E-state index is 12.1. The Balaban J connectivity index is 1.74. The van der Waals surface area contributed by atoms with Crippen molar-refractivity contribution in [2.24, 2.45) is 10.4 Å². The van der Waals surface area contributed by atoms with Gasteiger partial charge in [-0.15, -0.1) is 6.58 Å². The molecule has 0 aromatic rings. The molecule has 0 saturated carbocycles. The standard InChI is InChI=1S/C19H30N4O2S/c1-4-5-21-18(26)23-10-8-22(9-11-23)7-6-20-14-15-16(24)12-19(2,3)13-17(15)25/h4,14,24H,1,5-13H2,2-3H3,(H,21,26). The number of thiocarbonyl (C=S) groups is 1. The molecule has 144 valence electrons.